The topological polar surface area (TPSA) is 111 Å². The molecular formula is C26H37N3O5. The summed E-state index contributed by atoms with van der Waals surface area (Å²) in [4.78, 5) is 37.5. The number of ether oxygens (including phenoxy) is 2. The highest BCUT2D eigenvalue weighted by Crippen LogP contribution is 2.32. The number of hydrogen-bond acceptors (Lipinski definition) is 6. The minimum atomic E-state index is -0.568. The fourth-order valence-electron chi connectivity index (χ4n) is 5.43. The molecule has 1 unspecified atom stereocenters. The number of fused-ring (bicyclic) bond motifs is 1. The van der Waals surface area contributed by atoms with Gasteiger partial charge in [-0.3, -0.25) is 19.7 Å². The molecular weight excluding hydrogens is 434 g/mol. The van der Waals surface area contributed by atoms with E-state index in [1.807, 2.05) is 12.1 Å². The first-order chi connectivity index (χ1) is 16.5. The van der Waals surface area contributed by atoms with Gasteiger partial charge >= 0.3 is 0 Å². The third-order valence-electron chi connectivity index (χ3n) is 7.56. The quantitative estimate of drug-likeness (QED) is 0.639. The summed E-state index contributed by atoms with van der Waals surface area (Å²) in [5, 5.41) is 2.32. The van der Waals surface area contributed by atoms with Crippen molar-refractivity contribution in [1.29, 1.82) is 0 Å². The molecule has 1 aromatic carbocycles. The van der Waals surface area contributed by atoms with Crippen molar-refractivity contribution >= 4 is 17.7 Å². The number of carbonyl (C=O) groups excluding carboxylic acids is 3. The minimum Gasteiger partial charge on any atom is -0.490 e. The standard InChI is InChI=1S/C18H20N2O4.C8H17NO/c21-16-8-7-15(17(22)19-16)20-10-11-9-13(5-6-14(11)18(20)23)24-12-3-1-2-4-12;1-10-8-4-2-7(6-9)3-5-8/h5-6,9,12,15H,1-4,7-8,10H2,(H,19,21,22);7-8H,2-6,9H2,1H3. The molecule has 1 atom stereocenters. The number of hydrogen-bond donors (Lipinski definition) is 2. The summed E-state index contributed by atoms with van der Waals surface area (Å²) < 4.78 is 11.2. The molecule has 2 saturated carbocycles. The van der Waals surface area contributed by atoms with E-state index in [1.165, 1.54) is 38.5 Å². The molecule has 8 nitrogen and oxygen atoms in total. The van der Waals surface area contributed by atoms with E-state index < -0.39 is 6.04 Å². The van der Waals surface area contributed by atoms with Crippen LogP contribution in [0.4, 0.5) is 0 Å². The average molecular weight is 472 g/mol. The van der Waals surface area contributed by atoms with Crippen molar-refractivity contribution in [3.63, 3.8) is 0 Å². The van der Waals surface area contributed by atoms with E-state index in [2.05, 4.69) is 5.32 Å². The van der Waals surface area contributed by atoms with Gasteiger partial charge in [0.25, 0.3) is 5.91 Å². The zero-order chi connectivity index (χ0) is 24.1. The Kier molecular flexibility index (Phi) is 8.21. The normalized spacial score (nSPS) is 27.2. The maximum absolute atomic E-state index is 12.6. The smallest absolute Gasteiger partial charge is 0.255 e. The van der Waals surface area contributed by atoms with Crippen LogP contribution in [0.2, 0.25) is 0 Å². The zero-order valence-corrected chi connectivity index (χ0v) is 20.1. The lowest BCUT2D eigenvalue weighted by atomic mass is 9.87. The zero-order valence-electron chi connectivity index (χ0n) is 20.1. The molecule has 4 aliphatic rings. The molecule has 3 N–H and O–H groups in total. The van der Waals surface area contributed by atoms with Gasteiger partial charge in [0.05, 0.1) is 12.2 Å². The van der Waals surface area contributed by atoms with Crippen LogP contribution < -0.4 is 15.8 Å². The van der Waals surface area contributed by atoms with E-state index in [-0.39, 0.29) is 30.2 Å². The molecule has 34 heavy (non-hydrogen) atoms. The molecule has 2 aliphatic heterocycles. The Hall–Kier alpha value is -2.45. The van der Waals surface area contributed by atoms with Crippen molar-refractivity contribution in [1.82, 2.24) is 10.2 Å². The molecule has 3 fully saturated rings. The maximum Gasteiger partial charge on any atom is 0.255 e. The third kappa shape index (κ3) is 5.78. The Labute approximate surface area is 201 Å². The fraction of sp³-hybridized carbons (Fsp3) is 0.654. The number of imide groups is 1. The van der Waals surface area contributed by atoms with E-state index in [1.54, 1.807) is 18.1 Å². The lowest BCUT2D eigenvalue weighted by Crippen LogP contribution is -2.52. The number of piperidine rings is 1. The molecule has 0 radical (unpaired) electrons. The summed E-state index contributed by atoms with van der Waals surface area (Å²) in [5.74, 6) is 0.763. The van der Waals surface area contributed by atoms with E-state index in [9.17, 15) is 14.4 Å². The van der Waals surface area contributed by atoms with Crippen LogP contribution in [0.3, 0.4) is 0 Å². The van der Waals surface area contributed by atoms with Gasteiger partial charge in [0.1, 0.15) is 11.8 Å². The van der Waals surface area contributed by atoms with Gasteiger partial charge in [0.15, 0.2) is 0 Å². The first-order valence-corrected chi connectivity index (χ1v) is 12.7. The first-order valence-electron chi connectivity index (χ1n) is 12.7. The highest BCUT2D eigenvalue weighted by molar-refractivity contribution is 6.05. The molecule has 2 heterocycles. The van der Waals surface area contributed by atoms with Crippen LogP contribution >= 0.6 is 0 Å². The van der Waals surface area contributed by atoms with Crippen LogP contribution in [0.25, 0.3) is 0 Å². The van der Waals surface area contributed by atoms with Crippen molar-refractivity contribution in [2.75, 3.05) is 13.7 Å². The van der Waals surface area contributed by atoms with E-state index in [0.29, 0.717) is 24.6 Å². The number of nitrogens with one attached hydrogen (secondary N) is 1. The SMILES string of the molecule is COC1CCC(CN)CC1.O=C1CCC(N2Cc3cc(OC4CCCC4)ccc3C2=O)C(=O)N1. The van der Waals surface area contributed by atoms with Gasteiger partial charge in [0, 0.05) is 25.6 Å². The largest absolute Gasteiger partial charge is 0.490 e. The Balaban J connectivity index is 0.000000231. The Bertz CT molecular complexity index is 878. The minimum absolute atomic E-state index is 0.146. The molecule has 8 heteroatoms. The van der Waals surface area contributed by atoms with Crippen molar-refractivity contribution in [3.8, 4) is 5.75 Å². The molecule has 2 aliphatic carbocycles. The van der Waals surface area contributed by atoms with Crippen molar-refractivity contribution in [2.45, 2.75) is 89.0 Å². The first kappa shape index (κ1) is 24.7. The molecule has 5 rings (SSSR count). The predicted octanol–water partition coefficient (Wildman–Crippen LogP) is 2.92. The second-order valence-corrected chi connectivity index (χ2v) is 9.86. The monoisotopic (exact) mass is 471 g/mol. The number of rotatable bonds is 5. The van der Waals surface area contributed by atoms with Crippen molar-refractivity contribution in [3.05, 3.63) is 29.3 Å². The lowest BCUT2D eigenvalue weighted by molar-refractivity contribution is -0.136. The van der Waals surface area contributed by atoms with Crippen LogP contribution in [-0.2, 0) is 20.9 Å². The van der Waals surface area contributed by atoms with Crippen LogP contribution in [0.5, 0.6) is 5.75 Å². The number of carbonyl (C=O) groups is 3. The fourth-order valence-corrected chi connectivity index (χ4v) is 5.43. The number of nitrogens with zero attached hydrogens (tertiary/aromatic N) is 1. The van der Waals surface area contributed by atoms with Gasteiger partial charge < -0.3 is 20.1 Å². The van der Waals surface area contributed by atoms with Crippen LogP contribution in [0.15, 0.2) is 18.2 Å². The molecule has 1 aromatic rings. The van der Waals surface area contributed by atoms with Gasteiger partial charge in [-0.05, 0) is 94.0 Å². The van der Waals surface area contributed by atoms with E-state index in [0.717, 1.165) is 36.6 Å². The van der Waals surface area contributed by atoms with Gasteiger partial charge in [0.2, 0.25) is 11.8 Å². The number of methoxy groups -OCH3 is 1. The molecule has 0 spiro atoms. The third-order valence-corrected chi connectivity index (χ3v) is 7.56. The van der Waals surface area contributed by atoms with Gasteiger partial charge in [-0.2, -0.15) is 0 Å². The van der Waals surface area contributed by atoms with Crippen LogP contribution in [0, 0.1) is 5.92 Å². The summed E-state index contributed by atoms with van der Waals surface area (Å²) in [5.41, 5.74) is 7.06. The lowest BCUT2D eigenvalue weighted by Gasteiger charge is -2.29. The summed E-state index contributed by atoms with van der Waals surface area (Å²) in [6, 6.07) is 4.97. The van der Waals surface area contributed by atoms with E-state index in [4.69, 9.17) is 15.2 Å². The van der Waals surface area contributed by atoms with Crippen molar-refractivity contribution in [2.24, 2.45) is 11.7 Å². The van der Waals surface area contributed by atoms with Gasteiger partial charge in [-0.1, -0.05) is 0 Å². The molecule has 1 saturated heterocycles. The summed E-state index contributed by atoms with van der Waals surface area (Å²) in [6.07, 6.45) is 10.9. The second kappa shape index (κ2) is 11.3. The highest BCUT2D eigenvalue weighted by Gasteiger charge is 2.39. The second-order valence-electron chi connectivity index (χ2n) is 9.86. The highest BCUT2D eigenvalue weighted by atomic mass is 16.5. The molecule has 0 bridgehead atoms. The van der Waals surface area contributed by atoms with Gasteiger partial charge in [-0.15, -0.1) is 0 Å². The predicted molar refractivity (Wildman–Crippen MR) is 127 cm³/mol. The average Bonchev–Trinajstić information content (AvgIpc) is 3.47. The summed E-state index contributed by atoms with van der Waals surface area (Å²) >= 11 is 0. The summed E-state index contributed by atoms with van der Waals surface area (Å²) in [6.45, 7) is 1.25. The Morgan fingerprint density at radius 3 is 2.38 bits per heavy atom. The molecule has 0 aromatic heterocycles. The van der Waals surface area contributed by atoms with Crippen molar-refractivity contribution < 1.29 is 23.9 Å². The van der Waals surface area contributed by atoms with Gasteiger partial charge in [-0.25, -0.2) is 0 Å². The summed E-state index contributed by atoms with van der Waals surface area (Å²) in [7, 11) is 1.80. The molecule has 3 amide bonds. The Morgan fingerprint density at radius 1 is 1.00 bits per heavy atom. The number of benzene rings is 1. The number of nitrogens with two attached hydrogens (primary N) is 1. The van der Waals surface area contributed by atoms with Crippen LogP contribution in [-0.4, -0.2) is 54.5 Å². The molecule has 186 valence electrons. The van der Waals surface area contributed by atoms with E-state index >= 15 is 0 Å². The van der Waals surface area contributed by atoms with Crippen LogP contribution in [0.1, 0.15) is 80.1 Å². The maximum atomic E-state index is 12.6. The Morgan fingerprint density at radius 2 is 1.74 bits per heavy atom. The number of amides is 3.